The van der Waals surface area contributed by atoms with Crippen LogP contribution >= 0.6 is 0 Å². The van der Waals surface area contributed by atoms with E-state index in [9.17, 15) is 23.1 Å². The molecule has 2 aromatic carbocycles. The Morgan fingerprint density at radius 2 is 1.72 bits per heavy atom. The summed E-state index contributed by atoms with van der Waals surface area (Å²) in [6.07, 6.45) is -0.557. The van der Waals surface area contributed by atoms with Crippen molar-refractivity contribution in [2.45, 2.75) is 26.3 Å². The minimum absolute atomic E-state index is 0.0892. The van der Waals surface area contributed by atoms with E-state index < -0.39 is 16.1 Å². The molecule has 4 rings (SSSR count). The predicted molar refractivity (Wildman–Crippen MR) is 122 cm³/mol. The van der Waals surface area contributed by atoms with Crippen LogP contribution in [-0.2, 0) is 14.8 Å². The second kappa shape index (κ2) is 8.01. The molecule has 1 N–H and O–H groups in total. The highest BCUT2D eigenvalue weighted by atomic mass is 32.2. The smallest absolute Gasteiger partial charge is 0.411 e. The van der Waals surface area contributed by atoms with Gasteiger partial charge in [-0.25, -0.2) is 13.2 Å². The van der Waals surface area contributed by atoms with E-state index in [2.05, 4.69) is 0 Å². The lowest BCUT2D eigenvalue weighted by Gasteiger charge is -2.39. The molecule has 170 valence electrons. The van der Waals surface area contributed by atoms with Crippen LogP contribution in [0.5, 0.6) is 5.75 Å². The summed E-state index contributed by atoms with van der Waals surface area (Å²) in [5, 5.41) is 9.74. The van der Waals surface area contributed by atoms with E-state index in [4.69, 9.17) is 4.74 Å². The van der Waals surface area contributed by atoms with Crippen LogP contribution in [0.4, 0.5) is 21.9 Å². The molecule has 1 saturated heterocycles. The zero-order valence-electron chi connectivity index (χ0n) is 18.1. The maximum Gasteiger partial charge on any atom is 0.411 e. The van der Waals surface area contributed by atoms with Crippen LogP contribution in [-0.4, -0.2) is 57.5 Å². The van der Waals surface area contributed by atoms with E-state index in [0.717, 1.165) is 0 Å². The summed E-state index contributed by atoms with van der Waals surface area (Å²) in [6, 6.07) is 10.2. The molecule has 0 saturated carbocycles. The number of sulfonamides is 1. The molecule has 1 fully saturated rings. The minimum atomic E-state index is -3.41. The number of rotatable bonds is 3. The van der Waals surface area contributed by atoms with Crippen LogP contribution in [0.25, 0.3) is 11.1 Å². The Hall–Kier alpha value is -3.27. The normalized spacial score (nSPS) is 19.6. The zero-order valence-corrected chi connectivity index (χ0v) is 18.9. The van der Waals surface area contributed by atoms with Crippen LogP contribution in [0.1, 0.15) is 20.3 Å². The molecule has 2 aromatic rings. The topological polar surface area (TPSA) is 107 Å². The Kier molecular flexibility index (Phi) is 5.49. The van der Waals surface area contributed by atoms with Crippen molar-refractivity contribution in [3.63, 3.8) is 0 Å². The summed E-state index contributed by atoms with van der Waals surface area (Å²) >= 11 is 0. The number of ether oxygens (including phenoxy) is 1. The lowest BCUT2D eigenvalue weighted by Crippen LogP contribution is -2.51. The number of amides is 2. The molecule has 9 nitrogen and oxygen atoms in total. The third-order valence-electron chi connectivity index (χ3n) is 5.86. The molecule has 2 heterocycles. The molecule has 2 aliphatic heterocycles. The van der Waals surface area contributed by atoms with Crippen LogP contribution in [0.15, 0.2) is 36.4 Å². The van der Waals surface area contributed by atoms with Crippen molar-refractivity contribution in [3.8, 4) is 16.9 Å². The molecule has 10 heteroatoms. The Balaban J connectivity index is 1.83. The molecule has 32 heavy (non-hydrogen) atoms. The summed E-state index contributed by atoms with van der Waals surface area (Å²) < 4.78 is 31.7. The largest absolute Gasteiger partial charge is 0.495 e. The fourth-order valence-electron chi connectivity index (χ4n) is 4.44. The van der Waals surface area contributed by atoms with Gasteiger partial charge in [-0.1, -0.05) is 12.1 Å². The number of nitrogens with zero attached hydrogens (tertiary/aromatic N) is 3. The van der Waals surface area contributed by atoms with E-state index in [1.165, 1.54) is 23.2 Å². The van der Waals surface area contributed by atoms with Crippen LogP contribution in [0, 0.1) is 0 Å². The van der Waals surface area contributed by atoms with E-state index in [0.29, 0.717) is 46.9 Å². The molecule has 0 aliphatic carbocycles. The molecule has 0 radical (unpaired) electrons. The molecule has 0 spiro atoms. The Labute approximate surface area is 186 Å². The van der Waals surface area contributed by atoms with Crippen molar-refractivity contribution in [2.75, 3.05) is 40.1 Å². The van der Waals surface area contributed by atoms with Gasteiger partial charge in [0.2, 0.25) is 15.9 Å². The quantitative estimate of drug-likeness (QED) is 0.756. The van der Waals surface area contributed by atoms with E-state index in [-0.39, 0.29) is 24.2 Å². The first-order chi connectivity index (χ1) is 15.1. The van der Waals surface area contributed by atoms with Crippen molar-refractivity contribution in [1.82, 2.24) is 0 Å². The van der Waals surface area contributed by atoms with Gasteiger partial charge < -0.3 is 14.7 Å². The number of carbonyl (C=O) groups is 2. The average molecular weight is 460 g/mol. The van der Waals surface area contributed by atoms with Crippen LogP contribution in [0.3, 0.4) is 0 Å². The van der Waals surface area contributed by atoms with E-state index in [1.54, 1.807) is 48.2 Å². The van der Waals surface area contributed by atoms with Gasteiger partial charge in [-0.05, 0) is 48.7 Å². The predicted octanol–water partition coefficient (Wildman–Crippen LogP) is 3.14. The summed E-state index contributed by atoms with van der Waals surface area (Å²) in [5.74, 6) is 0.370. The molecular weight excluding hydrogens is 434 g/mol. The lowest BCUT2D eigenvalue weighted by atomic mass is 10.00. The number of carbonyl (C=O) groups excluding carboxylic acids is 1. The SMILES string of the molecule is COc1ccc(-c2ccc3c(c2)N(C(=O)O)C[C@H](C)N3C(C)=O)cc1N1CCCS1(=O)=O. The minimum Gasteiger partial charge on any atom is -0.495 e. The first kappa shape index (κ1) is 21.9. The van der Waals surface area contributed by atoms with Gasteiger partial charge in [-0.3, -0.25) is 14.0 Å². The Morgan fingerprint density at radius 3 is 2.28 bits per heavy atom. The molecule has 0 aromatic heterocycles. The summed E-state index contributed by atoms with van der Waals surface area (Å²) in [6.45, 7) is 3.80. The number of carboxylic acid groups (broad SMARTS) is 1. The highest BCUT2D eigenvalue weighted by molar-refractivity contribution is 7.93. The van der Waals surface area contributed by atoms with Crippen molar-refractivity contribution in [3.05, 3.63) is 36.4 Å². The van der Waals surface area contributed by atoms with E-state index in [1.807, 2.05) is 0 Å². The van der Waals surface area contributed by atoms with Crippen molar-refractivity contribution in [1.29, 1.82) is 0 Å². The van der Waals surface area contributed by atoms with Gasteiger partial charge in [0.15, 0.2) is 0 Å². The molecule has 2 amide bonds. The van der Waals surface area contributed by atoms with Crippen LogP contribution in [0.2, 0.25) is 0 Å². The third kappa shape index (κ3) is 3.64. The molecule has 0 unspecified atom stereocenters. The summed E-state index contributed by atoms with van der Waals surface area (Å²) in [4.78, 5) is 26.9. The number of hydrogen-bond acceptors (Lipinski definition) is 5. The highest BCUT2D eigenvalue weighted by Crippen LogP contribution is 2.41. The number of methoxy groups -OCH3 is 1. The molecule has 0 bridgehead atoms. The lowest BCUT2D eigenvalue weighted by molar-refractivity contribution is -0.117. The van der Waals surface area contributed by atoms with Crippen LogP contribution < -0.4 is 18.8 Å². The first-order valence-corrected chi connectivity index (χ1v) is 11.9. The molecular formula is C22H25N3O6S. The molecule has 1 atom stereocenters. The second-order valence-electron chi connectivity index (χ2n) is 7.96. The zero-order chi connectivity index (χ0) is 23.2. The first-order valence-electron chi connectivity index (χ1n) is 10.3. The highest BCUT2D eigenvalue weighted by Gasteiger charge is 2.34. The monoisotopic (exact) mass is 459 g/mol. The second-order valence-corrected chi connectivity index (χ2v) is 9.98. The fraction of sp³-hybridized carbons (Fsp3) is 0.364. The Morgan fingerprint density at radius 1 is 1.06 bits per heavy atom. The Bertz CT molecular complexity index is 1200. The van der Waals surface area contributed by atoms with Gasteiger partial charge in [0, 0.05) is 20.0 Å². The van der Waals surface area contributed by atoms with Gasteiger partial charge in [-0.2, -0.15) is 0 Å². The number of fused-ring (bicyclic) bond motifs is 1. The standard InChI is InChI=1S/C22H25N3O6S/c1-14-13-23(22(27)28)19-11-16(5-7-18(19)25(14)15(2)26)17-6-8-21(31-3)20(12-17)24-9-4-10-32(24,29)30/h5-8,11-12,14H,4,9-10,13H2,1-3H3,(H,27,28)/t14-/m0/s1. The van der Waals surface area contributed by atoms with E-state index >= 15 is 0 Å². The van der Waals surface area contributed by atoms with Crippen molar-refractivity contribution < 1.29 is 27.9 Å². The fourth-order valence-corrected chi connectivity index (χ4v) is 6.00. The van der Waals surface area contributed by atoms with Gasteiger partial charge in [-0.15, -0.1) is 0 Å². The van der Waals surface area contributed by atoms with Gasteiger partial charge in [0.05, 0.1) is 36.0 Å². The van der Waals surface area contributed by atoms with Gasteiger partial charge in [0.1, 0.15) is 5.75 Å². The van der Waals surface area contributed by atoms with Crippen molar-refractivity contribution >= 4 is 39.1 Å². The van der Waals surface area contributed by atoms with Gasteiger partial charge >= 0.3 is 6.09 Å². The maximum atomic E-state index is 12.5. The maximum absolute atomic E-state index is 12.5. The average Bonchev–Trinajstić information content (AvgIpc) is 3.10. The van der Waals surface area contributed by atoms with Crippen molar-refractivity contribution in [2.24, 2.45) is 0 Å². The summed E-state index contributed by atoms with van der Waals surface area (Å²) in [7, 11) is -1.92. The number of hydrogen-bond donors (Lipinski definition) is 1. The number of benzene rings is 2. The van der Waals surface area contributed by atoms with Gasteiger partial charge in [0.25, 0.3) is 0 Å². The third-order valence-corrected chi connectivity index (χ3v) is 7.72. The molecule has 2 aliphatic rings. The summed E-state index contributed by atoms with van der Waals surface area (Å²) in [5.41, 5.74) is 2.81. The number of anilines is 3.